The summed E-state index contributed by atoms with van der Waals surface area (Å²) in [6, 6.07) is 2.45. The summed E-state index contributed by atoms with van der Waals surface area (Å²) in [6.07, 6.45) is 1.08. The zero-order chi connectivity index (χ0) is 15.1. The summed E-state index contributed by atoms with van der Waals surface area (Å²) in [6.45, 7) is 10.4. The van der Waals surface area contributed by atoms with Crippen LogP contribution in [0.4, 0.5) is 11.6 Å². The van der Waals surface area contributed by atoms with Crippen LogP contribution in [0.5, 0.6) is 0 Å². The van der Waals surface area contributed by atoms with Gasteiger partial charge in [0.2, 0.25) is 0 Å². The van der Waals surface area contributed by atoms with E-state index in [0.717, 1.165) is 37.0 Å². The van der Waals surface area contributed by atoms with E-state index in [0.29, 0.717) is 12.0 Å². The first-order valence-electron chi connectivity index (χ1n) is 7.47. The summed E-state index contributed by atoms with van der Waals surface area (Å²) in [5, 5.41) is 6.74. The molecule has 0 amide bonds. The van der Waals surface area contributed by atoms with Gasteiger partial charge in [0.1, 0.15) is 17.5 Å². The Bertz CT molecular complexity index is 403. The standard InChI is InChI=1S/C15H29N5/c1-7-8-16-13-9-14(17-10-12(4)20(5)6)19-15(18-13)11(2)3/h9,11-12H,7-8,10H2,1-6H3,(H2,16,17,18,19). The van der Waals surface area contributed by atoms with Gasteiger partial charge in [0.25, 0.3) is 0 Å². The number of rotatable bonds is 8. The van der Waals surface area contributed by atoms with E-state index in [-0.39, 0.29) is 0 Å². The number of anilines is 2. The molecule has 5 nitrogen and oxygen atoms in total. The Morgan fingerprint density at radius 3 is 2.20 bits per heavy atom. The smallest absolute Gasteiger partial charge is 0.135 e. The lowest BCUT2D eigenvalue weighted by atomic mass is 10.2. The number of nitrogens with zero attached hydrogens (tertiary/aromatic N) is 3. The van der Waals surface area contributed by atoms with E-state index in [1.807, 2.05) is 6.07 Å². The van der Waals surface area contributed by atoms with E-state index in [9.17, 15) is 0 Å². The molecular weight excluding hydrogens is 250 g/mol. The zero-order valence-electron chi connectivity index (χ0n) is 13.7. The second-order valence-corrected chi connectivity index (χ2v) is 5.77. The lowest BCUT2D eigenvalue weighted by molar-refractivity contribution is 0.326. The summed E-state index contributed by atoms with van der Waals surface area (Å²) in [5.41, 5.74) is 0. The van der Waals surface area contributed by atoms with Gasteiger partial charge in [0.15, 0.2) is 0 Å². The molecule has 0 radical (unpaired) electrons. The van der Waals surface area contributed by atoms with Gasteiger partial charge in [0.05, 0.1) is 0 Å². The minimum absolute atomic E-state index is 0.324. The highest BCUT2D eigenvalue weighted by Gasteiger charge is 2.09. The molecule has 114 valence electrons. The number of hydrogen-bond donors (Lipinski definition) is 2. The minimum atomic E-state index is 0.324. The summed E-state index contributed by atoms with van der Waals surface area (Å²) in [4.78, 5) is 11.3. The topological polar surface area (TPSA) is 53.1 Å². The lowest BCUT2D eigenvalue weighted by Gasteiger charge is -2.21. The van der Waals surface area contributed by atoms with Crippen LogP contribution in [0.15, 0.2) is 6.07 Å². The second-order valence-electron chi connectivity index (χ2n) is 5.77. The first-order valence-corrected chi connectivity index (χ1v) is 7.47. The van der Waals surface area contributed by atoms with Crippen LogP contribution in [0.1, 0.15) is 45.9 Å². The van der Waals surface area contributed by atoms with Crippen molar-refractivity contribution >= 4 is 11.6 Å². The molecule has 2 N–H and O–H groups in total. The van der Waals surface area contributed by atoms with Crippen LogP contribution in [0, 0.1) is 0 Å². The molecule has 0 aromatic carbocycles. The Morgan fingerprint density at radius 2 is 1.70 bits per heavy atom. The first kappa shape index (κ1) is 16.7. The maximum atomic E-state index is 4.59. The Balaban J connectivity index is 2.80. The molecule has 1 rings (SSSR count). The van der Waals surface area contributed by atoms with Crippen LogP contribution in [0.3, 0.4) is 0 Å². The molecule has 0 saturated carbocycles. The molecule has 1 unspecified atom stereocenters. The van der Waals surface area contributed by atoms with Crippen molar-refractivity contribution in [3.8, 4) is 0 Å². The van der Waals surface area contributed by atoms with Gasteiger partial charge >= 0.3 is 0 Å². The predicted molar refractivity (Wildman–Crippen MR) is 86.5 cm³/mol. The molecule has 0 fully saturated rings. The molecule has 1 aromatic rings. The molecule has 0 saturated heterocycles. The van der Waals surface area contributed by atoms with Crippen molar-refractivity contribution in [3.63, 3.8) is 0 Å². The number of aromatic nitrogens is 2. The van der Waals surface area contributed by atoms with Gasteiger partial charge in [-0.25, -0.2) is 9.97 Å². The van der Waals surface area contributed by atoms with Crippen molar-refractivity contribution in [1.82, 2.24) is 14.9 Å². The molecular formula is C15H29N5. The highest BCUT2D eigenvalue weighted by Crippen LogP contribution is 2.17. The minimum Gasteiger partial charge on any atom is -0.370 e. The Labute approximate surface area is 123 Å². The third-order valence-electron chi connectivity index (χ3n) is 3.28. The fraction of sp³-hybridized carbons (Fsp3) is 0.733. The fourth-order valence-corrected chi connectivity index (χ4v) is 1.59. The van der Waals surface area contributed by atoms with Crippen molar-refractivity contribution in [3.05, 3.63) is 11.9 Å². The van der Waals surface area contributed by atoms with E-state index in [1.54, 1.807) is 0 Å². The average molecular weight is 279 g/mol. The van der Waals surface area contributed by atoms with E-state index < -0.39 is 0 Å². The molecule has 1 atom stereocenters. The molecule has 1 heterocycles. The summed E-state index contributed by atoms with van der Waals surface area (Å²) in [7, 11) is 4.17. The Kier molecular flexibility index (Phi) is 6.71. The third-order valence-corrected chi connectivity index (χ3v) is 3.28. The molecule has 20 heavy (non-hydrogen) atoms. The molecule has 0 bridgehead atoms. The van der Waals surface area contributed by atoms with Crippen LogP contribution < -0.4 is 10.6 Å². The summed E-state index contributed by atoms with van der Waals surface area (Å²) < 4.78 is 0. The first-order chi connectivity index (χ1) is 9.43. The highest BCUT2D eigenvalue weighted by atomic mass is 15.1. The molecule has 0 aliphatic carbocycles. The zero-order valence-corrected chi connectivity index (χ0v) is 13.7. The SMILES string of the molecule is CCCNc1cc(NCC(C)N(C)C)nc(C(C)C)n1. The van der Waals surface area contributed by atoms with Crippen molar-refractivity contribution < 1.29 is 0 Å². The number of nitrogens with one attached hydrogen (secondary N) is 2. The molecule has 0 spiro atoms. The predicted octanol–water partition coefficient (Wildman–Crippen LogP) is 2.78. The molecule has 0 aliphatic heterocycles. The average Bonchev–Trinajstić information content (AvgIpc) is 2.42. The van der Waals surface area contributed by atoms with Crippen LogP contribution in [0.2, 0.25) is 0 Å². The van der Waals surface area contributed by atoms with Gasteiger partial charge in [0, 0.05) is 31.1 Å². The largest absolute Gasteiger partial charge is 0.370 e. The second kappa shape index (κ2) is 8.04. The van der Waals surface area contributed by atoms with Crippen LogP contribution in [-0.2, 0) is 0 Å². The van der Waals surface area contributed by atoms with Gasteiger partial charge in [-0.3, -0.25) is 0 Å². The Hall–Kier alpha value is -1.36. The van der Waals surface area contributed by atoms with E-state index in [1.165, 1.54) is 0 Å². The van der Waals surface area contributed by atoms with Crippen molar-refractivity contribution in [1.29, 1.82) is 0 Å². The van der Waals surface area contributed by atoms with Gasteiger partial charge in [-0.1, -0.05) is 20.8 Å². The van der Waals surface area contributed by atoms with E-state index >= 15 is 0 Å². The number of likely N-dealkylation sites (N-methyl/N-ethyl adjacent to an activating group) is 1. The van der Waals surface area contributed by atoms with Crippen LogP contribution >= 0.6 is 0 Å². The van der Waals surface area contributed by atoms with Crippen molar-refractivity contribution in [2.45, 2.75) is 46.1 Å². The van der Waals surface area contributed by atoms with Crippen molar-refractivity contribution in [2.75, 3.05) is 37.8 Å². The van der Waals surface area contributed by atoms with Gasteiger partial charge in [-0.15, -0.1) is 0 Å². The molecule has 5 heteroatoms. The summed E-state index contributed by atoms with van der Waals surface area (Å²) in [5.74, 6) is 3.01. The maximum absolute atomic E-state index is 4.59. The fourth-order valence-electron chi connectivity index (χ4n) is 1.59. The van der Waals surface area contributed by atoms with E-state index in [2.05, 4.69) is 67.3 Å². The quantitative estimate of drug-likeness (QED) is 0.766. The monoisotopic (exact) mass is 279 g/mol. The third kappa shape index (κ3) is 5.33. The summed E-state index contributed by atoms with van der Waals surface area (Å²) >= 11 is 0. The molecule has 1 aromatic heterocycles. The molecule has 0 aliphatic rings. The van der Waals surface area contributed by atoms with Crippen LogP contribution in [0.25, 0.3) is 0 Å². The van der Waals surface area contributed by atoms with Crippen LogP contribution in [-0.4, -0.2) is 48.1 Å². The van der Waals surface area contributed by atoms with Gasteiger partial charge in [-0.05, 0) is 27.4 Å². The van der Waals surface area contributed by atoms with Gasteiger partial charge < -0.3 is 15.5 Å². The Morgan fingerprint density at radius 1 is 1.10 bits per heavy atom. The van der Waals surface area contributed by atoms with Crippen molar-refractivity contribution in [2.24, 2.45) is 0 Å². The number of hydrogen-bond acceptors (Lipinski definition) is 5. The lowest BCUT2D eigenvalue weighted by Crippen LogP contribution is -2.31. The van der Waals surface area contributed by atoms with Gasteiger partial charge in [-0.2, -0.15) is 0 Å². The highest BCUT2D eigenvalue weighted by molar-refractivity contribution is 5.48. The van der Waals surface area contributed by atoms with E-state index in [4.69, 9.17) is 0 Å². The normalized spacial score (nSPS) is 12.8. The maximum Gasteiger partial charge on any atom is 0.135 e.